The molecule has 4 rings (SSSR count). The first-order chi connectivity index (χ1) is 18.1. The fraction of sp³-hybridized carbons (Fsp3) is 0.536. The minimum atomic E-state index is -4.83. The van der Waals surface area contributed by atoms with Gasteiger partial charge in [0, 0.05) is 42.3 Å². The molecule has 0 aromatic heterocycles. The van der Waals surface area contributed by atoms with E-state index >= 15 is 0 Å². The molecule has 7 nitrogen and oxygen atoms in total. The van der Waals surface area contributed by atoms with Crippen molar-refractivity contribution in [2.24, 2.45) is 5.92 Å². The highest BCUT2D eigenvalue weighted by atomic mass is 35.5. The van der Waals surface area contributed by atoms with Crippen molar-refractivity contribution in [1.82, 2.24) is 9.80 Å². The van der Waals surface area contributed by atoms with Gasteiger partial charge in [-0.3, -0.25) is 14.9 Å². The number of nitrogens with one attached hydrogen (secondary N) is 1. The maximum absolute atomic E-state index is 13.3. The second-order valence-corrected chi connectivity index (χ2v) is 10.6. The number of nitrogens with zero attached hydrogens (tertiary/aromatic N) is 3. The standard InChI is InChI=1S/C27H32ClF3N4O3.CH4/c28-21-5-3-19(4-6-21)16-20-9-13-33(14-10-20)12-1-2-26(36)34-15-11-23(18-34)32-22-7-8-25(35(37)38)24(17-22)27(29,30)31;/h3-8,17,20,23,32H,1-2,9-16,18H2;1H4/t23-;/m0./s1. The minimum Gasteiger partial charge on any atom is -0.380 e. The number of benzene rings is 2. The molecule has 2 aliphatic rings. The lowest BCUT2D eigenvalue weighted by atomic mass is 9.90. The number of carbonyl (C=O) groups excluding carboxylic acids is 1. The Labute approximate surface area is 232 Å². The van der Waals surface area contributed by atoms with Gasteiger partial charge in [-0.2, -0.15) is 13.2 Å². The molecule has 1 amide bonds. The van der Waals surface area contributed by atoms with Crippen LogP contribution in [0.5, 0.6) is 0 Å². The lowest BCUT2D eigenvalue weighted by Crippen LogP contribution is -2.36. The summed E-state index contributed by atoms with van der Waals surface area (Å²) in [4.78, 5) is 26.8. The first-order valence-corrected chi connectivity index (χ1v) is 13.3. The van der Waals surface area contributed by atoms with Crippen molar-refractivity contribution in [3.63, 3.8) is 0 Å². The highest BCUT2D eigenvalue weighted by Gasteiger charge is 2.38. The molecule has 0 unspecified atom stereocenters. The zero-order chi connectivity index (χ0) is 27.3. The summed E-state index contributed by atoms with van der Waals surface area (Å²) < 4.78 is 39.8. The van der Waals surface area contributed by atoms with Gasteiger partial charge >= 0.3 is 6.18 Å². The summed E-state index contributed by atoms with van der Waals surface area (Å²) in [6.45, 7) is 3.85. The Morgan fingerprint density at radius 2 is 1.77 bits per heavy atom. The number of alkyl halides is 3. The van der Waals surface area contributed by atoms with Crippen molar-refractivity contribution < 1.29 is 22.9 Å². The van der Waals surface area contributed by atoms with Crippen LogP contribution in [0.4, 0.5) is 24.5 Å². The minimum absolute atomic E-state index is 0. The van der Waals surface area contributed by atoms with Gasteiger partial charge in [0.05, 0.1) is 4.92 Å². The zero-order valence-corrected chi connectivity index (χ0v) is 21.8. The van der Waals surface area contributed by atoms with Gasteiger partial charge in [-0.05, 0) is 87.5 Å². The quantitative estimate of drug-likeness (QED) is 0.271. The zero-order valence-electron chi connectivity index (χ0n) is 21.1. The van der Waals surface area contributed by atoms with Crippen LogP contribution in [0.2, 0.25) is 5.02 Å². The second-order valence-electron chi connectivity index (χ2n) is 10.2. The van der Waals surface area contributed by atoms with Crippen LogP contribution in [0.3, 0.4) is 0 Å². The van der Waals surface area contributed by atoms with Gasteiger partial charge in [-0.25, -0.2) is 0 Å². The number of piperidine rings is 1. The van der Waals surface area contributed by atoms with Gasteiger partial charge in [-0.15, -0.1) is 0 Å². The molecule has 1 N–H and O–H groups in total. The monoisotopic (exact) mass is 568 g/mol. The van der Waals surface area contributed by atoms with Crippen LogP contribution in [0.25, 0.3) is 0 Å². The van der Waals surface area contributed by atoms with Gasteiger partial charge in [-0.1, -0.05) is 31.2 Å². The third kappa shape index (κ3) is 8.57. The molecule has 11 heteroatoms. The van der Waals surface area contributed by atoms with Gasteiger partial charge in [0.15, 0.2) is 0 Å². The van der Waals surface area contributed by atoms with E-state index < -0.39 is 22.4 Å². The summed E-state index contributed by atoms with van der Waals surface area (Å²) in [6, 6.07) is 10.7. The SMILES string of the molecule is C.O=C(CCCN1CCC(Cc2ccc(Cl)cc2)CC1)N1CC[C@H](Nc2ccc([N+](=O)[O-])c(C(F)(F)F)c2)C1. The van der Waals surface area contributed by atoms with Gasteiger partial charge < -0.3 is 15.1 Å². The molecule has 2 heterocycles. The third-order valence-electron chi connectivity index (χ3n) is 7.42. The fourth-order valence-electron chi connectivity index (χ4n) is 5.33. The van der Waals surface area contributed by atoms with Crippen LogP contribution < -0.4 is 5.32 Å². The van der Waals surface area contributed by atoms with Gasteiger partial charge in [0.2, 0.25) is 5.91 Å². The number of rotatable bonds is 9. The largest absolute Gasteiger partial charge is 0.423 e. The van der Waals surface area contributed by atoms with Crippen LogP contribution in [0.15, 0.2) is 42.5 Å². The number of amides is 1. The number of hydrogen-bond acceptors (Lipinski definition) is 5. The molecule has 39 heavy (non-hydrogen) atoms. The van der Waals surface area contributed by atoms with Crippen molar-refractivity contribution in [1.29, 1.82) is 0 Å². The van der Waals surface area contributed by atoms with Gasteiger partial charge in [0.25, 0.3) is 5.69 Å². The van der Waals surface area contributed by atoms with Crippen molar-refractivity contribution in [2.75, 3.05) is 38.0 Å². The molecular weight excluding hydrogens is 533 g/mol. The highest BCUT2D eigenvalue weighted by Crippen LogP contribution is 2.38. The normalized spacial score (nSPS) is 18.6. The molecule has 1 atom stereocenters. The first-order valence-electron chi connectivity index (χ1n) is 12.9. The smallest absolute Gasteiger partial charge is 0.380 e. The van der Waals surface area contributed by atoms with Crippen molar-refractivity contribution in [2.45, 2.75) is 58.2 Å². The van der Waals surface area contributed by atoms with Crippen molar-refractivity contribution in [3.05, 3.63) is 68.7 Å². The topological polar surface area (TPSA) is 78.7 Å². The van der Waals surface area contributed by atoms with E-state index in [-0.39, 0.29) is 25.1 Å². The average Bonchev–Trinajstić information content (AvgIpc) is 3.34. The average molecular weight is 569 g/mol. The van der Waals surface area contributed by atoms with Crippen LogP contribution in [0, 0.1) is 16.0 Å². The van der Waals surface area contributed by atoms with Crippen molar-refractivity contribution >= 4 is 28.9 Å². The number of nitro benzene ring substituents is 1. The molecule has 2 aromatic rings. The van der Waals surface area contributed by atoms with E-state index in [0.29, 0.717) is 31.8 Å². The highest BCUT2D eigenvalue weighted by molar-refractivity contribution is 6.30. The van der Waals surface area contributed by atoms with E-state index in [4.69, 9.17) is 11.6 Å². The Kier molecular flexibility index (Phi) is 10.6. The number of nitro groups is 1. The molecule has 2 aliphatic heterocycles. The molecule has 0 bridgehead atoms. The Bertz CT molecular complexity index is 1120. The summed E-state index contributed by atoms with van der Waals surface area (Å²) in [7, 11) is 0. The maximum Gasteiger partial charge on any atom is 0.423 e. The van der Waals surface area contributed by atoms with Crippen LogP contribution in [-0.4, -0.2) is 59.4 Å². The summed E-state index contributed by atoms with van der Waals surface area (Å²) in [5.74, 6) is 0.706. The lowest BCUT2D eigenvalue weighted by molar-refractivity contribution is -0.388. The van der Waals surface area contributed by atoms with Crippen molar-refractivity contribution in [3.8, 4) is 0 Å². The Morgan fingerprint density at radius 1 is 1.08 bits per heavy atom. The van der Waals surface area contributed by atoms with Crippen LogP contribution >= 0.6 is 11.6 Å². The number of likely N-dealkylation sites (tertiary alicyclic amines) is 2. The number of anilines is 1. The second kappa shape index (κ2) is 13.5. The summed E-state index contributed by atoms with van der Waals surface area (Å²) >= 11 is 5.97. The maximum atomic E-state index is 13.3. The molecular formula is C28H36ClF3N4O3. The molecule has 0 saturated carbocycles. The van der Waals surface area contributed by atoms with E-state index in [1.165, 1.54) is 11.6 Å². The number of hydrogen-bond donors (Lipinski definition) is 1. The summed E-state index contributed by atoms with van der Waals surface area (Å²) in [6.07, 6.45) is 0.309. The molecule has 2 saturated heterocycles. The molecule has 2 aromatic carbocycles. The summed E-state index contributed by atoms with van der Waals surface area (Å²) in [5, 5.41) is 14.7. The molecule has 2 fully saturated rings. The molecule has 0 aliphatic carbocycles. The Balaban J connectivity index is 0.00000420. The molecule has 0 spiro atoms. The van der Waals surface area contributed by atoms with E-state index in [2.05, 4.69) is 22.3 Å². The lowest BCUT2D eigenvalue weighted by Gasteiger charge is -2.32. The number of halogens is 4. The van der Waals surface area contributed by atoms with E-state index in [1.54, 1.807) is 4.90 Å². The third-order valence-corrected chi connectivity index (χ3v) is 7.67. The van der Waals surface area contributed by atoms with E-state index in [1.807, 2.05) is 12.1 Å². The predicted molar refractivity (Wildman–Crippen MR) is 147 cm³/mol. The van der Waals surface area contributed by atoms with Gasteiger partial charge in [0.1, 0.15) is 5.56 Å². The number of carbonyl (C=O) groups is 1. The van der Waals surface area contributed by atoms with Crippen LogP contribution in [-0.2, 0) is 17.4 Å². The summed E-state index contributed by atoms with van der Waals surface area (Å²) in [5.41, 5.74) is -0.794. The van der Waals surface area contributed by atoms with E-state index in [0.717, 1.165) is 62.5 Å². The Morgan fingerprint density at radius 3 is 2.41 bits per heavy atom. The molecule has 0 radical (unpaired) electrons. The molecule has 214 valence electrons. The first kappa shape index (κ1) is 30.7. The van der Waals surface area contributed by atoms with Crippen LogP contribution in [0.1, 0.15) is 50.7 Å². The Hall–Kier alpha value is -2.85. The fourth-order valence-corrected chi connectivity index (χ4v) is 5.46. The predicted octanol–water partition coefficient (Wildman–Crippen LogP) is 6.65. The van der Waals surface area contributed by atoms with E-state index in [9.17, 15) is 28.1 Å².